The number of hydrogen-bond acceptors (Lipinski definition) is 5. The predicted octanol–water partition coefficient (Wildman–Crippen LogP) is 6.85. The first-order valence-electron chi connectivity index (χ1n) is 9.31. The molecule has 148 valence electrons. The van der Waals surface area contributed by atoms with Crippen LogP contribution < -0.4 is 18.9 Å². The Morgan fingerprint density at radius 1 is 0.433 bits per heavy atom. The first-order chi connectivity index (χ1) is 14.8. The third kappa shape index (κ3) is 4.97. The van der Waals surface area contributed by atoms with Crippen molar-refractivity contribution < 1.29 is 23.7 Å². The number of rotatable bonds is 6. The van der Waals surface area contributed by atoms with E-state index in [1.54, 1.807) is 48.5 Å². The molecule has 0 bridgehead atoms. The third-order valence-electron chi connectivity index (χ3n) is 4.03. The van der Waals surface area contributed by atoms with Gasteiger partial charge in [0.2, 0.25) is 0 Å². The summed E-state index contributed by atoms with van der Waals surface area (Å²) < 4.78 is 22.4. The molecule has 0 spiro atoms. The number of benzene rings is 4. The van der Waals surface area contributed by atoms with Crippen LogP contribution in [0.1, 0.15) is 0 Å². The minimum absolute atomic E-state index is 0.243. The molecular weight excluding hydrogens is 380 g/mol. The standard InChI is InChI=1S/C25H18O5/c26-25(29-23-17-9-7-15-21(23)27-19-11-3-1-4-12-19)30-24-18-10-8-16-22(24)28-20-13-5-2-6-14-20/h1-18H. The van der Waals surface area contributed by atoms with Gasteiger partial charge < -0.3 is 18.9 Å². The molecule has 0 atom stereocenters. The fraction of sp³-hybridized carbons (Fsp3) is 0. The molecule has 5 nitrogen and oxygen atoms in total. The van der Waals surface area contributed by atoms with Gasteiger partial charge in [0.05, 0.1) is 0 Å². The van der Waals surface area contributed by atoms with Gasteiger partial charge in [0.1, 0.15) is 11.5 Å². The van der Waals surface area contributed by atoms with Gasteiger partial charge in [-0.3, -0.25) is 0 Å². The highest BCUT2D eigenvalue weighted by Crippen LogP contribution is 2.34. The van der Waals surface area contributed by atoms with E-state index in [2.05, 4.69) is 0 Å². The largest absolute Gasteiger partial charge is 0.519 e. The first kappa shape index (κ1) is 19.1. The molecule has 0 unspecified atom stereocenters. The Labute approximate surface area is 174 Å². The van der Waals surface area contributed by atoms with Crippen molar-refractivity contribution in [2.75, 3.05) is 0 Å². The second kappa shape index (κ2) is 9.30. The number of carbonyl (C=O) groups is 1. The van der Waals surface area contributed by atoms with E-state index in [1.807, 2.05) is 60.7 Å². The molecule has 0 N–H and O–H groups in total. The van der Waals surface area contributed by atoms with E-state index in [1.165, 1.54) is 0 Å². The van der Waals surface area contributed by atoms with Crippen LogP contribution in [0.5, 0.6) is 34.5 Å². The Kier molecular flexibility index (Phi) is 5.91. The monoisotopic (exact) mass is 398 g/mol. The van der Waals surface area contributed by atoms with Crippen molar-refractivity contribution in [2.45, 2.75) is 0 Å². The van der Waals surface area contributed by atoms with Crippen LogP contribution in [0.3, 0.4) is 0 Å². The summed E-state index contributed by atoms with van der Waals surface area (Å²) in [5, 5.41) is 0. The molecule has 0 aliphatic carbocycles. The summed E-state index contributed by atoms with van der Waals surface area (Å²) in [6, 6.07) is 32.2. The fourth-order valence-electron chi connectivity index (χ4n) is 2.67. The molecule has 0 aromatic heterocycles. The summed E-state index contributed by atoms with van der Waals surface area (Å²) >= 11 is 0. The molecule has 0 saturated carbocycles. The lowest BCUT2D eigenvalue weighted by Crippen LogP contribution is -2.14. The van der Waals surface area contributed by atoms with Crippen LogP contribution in [0.2, 0.25) is 0 Å². The van der Waals surface area contributed by atoms with Crippen LogP contribution in [0.15, 0.2) is 109 Å². The molecule has 0 radical (unpaired) electrons. The third-order valence-corrected chi connectivity index (χ3v) is 4.03. The summed E-state index contributed by atoms with van der Waals surface area (Å²) in [4.78, 5) is 12.4. The highest BCUT2D eigenvalue weighted by molar-refractivity contribution is 5.69. The number of para-hydroxylation sites is 6. The minimum Gasteiger partial charge on any atom is -0.453 e. The highest BCUT2D eigenvalue weighted by Gasteiger charge is 2.15. The van der Waals surface area contributed by atoms with E-state index < -0.39 is 6.16 Å². The SMILES string of the molecule is O=C(Oc1ccccc1Oc1ccccc1)Oc1ccccc1Oc1ccccc1. The van der Waals surface area contributed by atoms with Crippen molar-refractivity contribution in [1.82, 2.24) is 0 Å². The van der Waals surface area contributed by atoms with Crippen LogP contribution in [0, 0.1) is 0 Å². The number of ether oxygens (including phenoxy) is 4. The fourth-order valence-corrected chi connectivity index (χ4v) is 2.67. The zero-order valence-electron chi connectivity index (χ0n) is 15.9. The number of hydrogen-bond donors (Lipinski definition) is 0. The van der Waals surface area contributed by atoms with Gasteiger partial charge in [0, 0.05) is 0 Å². The summed E-state index contributed by atoms with van der Waals surface area (Å²) in [5.41, 5.74) is 0. The molecule has 5 heteroatoms. The number of carbonyl (C=O) groups excluding carboxylic acids is 1. The lowest BCUT2D eigenvalue weighted by molar-refractivity contribution is 0.149. The molecule has 0 fully saturated rings. The Morgan fingerprint density at radius 3 is 1.17 bits per heavy atom. The maximum atomic E-state index is 12.4. The smallest absolute Gasteiger partial charge is 0.453 e. The maximum absolute atomic E-state index is 12.4. The van der Waals surface area contributed by atoms with Crippen LogP contribution >= 0.6 is 0 Å². The van der Waals surface area contributed by atoms with E-state index in [4.69, 9.17) is 18.9 Å². The quantitative estimate of drug-likeness (QED) is 0.263. The molecule has 0 aliphatic rings. The summed E-state index contributed by atoms with van der Waals surface area (Å²) in [6.45, 7) is 0. The Hall–Kier alpha value is -4.25. The topological polar surface area (TPSA) is 54.0 Å². The van der Waals surface area contributed by atoms with Crippen molar-refractivity contribution in [3.05, 3.63) is 109 Å². The molecule has 30 heavy (non-hydrogen) atoms. The minimum atomic E-state index is -0.900. The van der Waals surface area contributed by atoms with Crippen LogP contribution in [0.25, 0.3) is 0 Å². The van der Waals surface area contributed by atoms with Crippen LogP contribution in [-0.2, 0) is 0 Å². The van der Waals surface area contributed by atoms with Gasteiger partial charge in [0.25, 0.3) is 0 Å². The Morgan fingerprint density at radius 2 is 0.767 bits per heavy atom. The van der Waals surface area contributed by atoms with Gasteiger partial charge in [0.15, 0.2) is 23.0 Å². The van der Waals surface area contributed by atoms with E-state index >= 15 is 0 Å². The van der Waals surface area contributed by atoms with Gasteiger partial charge in [-0.2, -0.15) is 0 Å². The average molecular weight is 398 g/mol. The van der Waals surface area contributed by atoms with Gasteiger partial charge in [-0.1, -0.05) is 60.7 Å². The summed E-state index contributed by atoms with van der Waals surface area (Å²) in [6.07, 6.45) is -0.900. The zero-order valence-corrected chi connectivity index (χ0v) is 15.9. The predicted molar refractivity (Wildman–Crippen MR) is 113 cm³/mol. The van der Waals surface area contributed by atoms with Gasteiger partial charge >= 0.3 is 6.16 Å². The maximum Gasteiger partial charge on any atom is 0.519 e. The van der Waals surface area contributed by atoms with E-state index in [-0.39, 0.29) is 11.5 Å². The lowest BCUT2D eigenvalue weighted by atomic mass is 10.3. The van der Waals surface area contributed by atoms with Gasteiger partial charge in [-0.25, -0.2) is 4.79 Å². The summed E-state index contributed by atoms with van der Waals surface area (Å²) in [5.74, 6) is 2.54. The van der Waals surface area contributed by atoms with Gasteiger partial charge in [-0.05, 0) is 48.5 Å². The Balaban J connectivity index is 1.47. The van der Waals surface area contributed by atoms with E-state index in [9.17, 15) is 4.79 Å². The molecule has 0 amide bonds. The molecular formula is C25H18O5. The molecule has 0 heterocycles. The van der Waals surface area contributed by atoms with Crippen molar-refractivity contribution >= 4 is 6.16 Å². The molecule has 4 rings (SSSR count). The van der Waals surface area contributed by atoms with Crippen LogP contribution in [0.4, 0.5) is 4.79 Å². The molecule has 4 aromatic carbocycles. The second-order valence-corrected chi connectivity index (χ2v) is 6.18. The van der Waals surface area contributed by atoms with Crippen molar-refractivity contribution in [3.63, 3.8) is 0 Å². The second-order valence-electron chi connectivity index (χ2n) is 6.18. The molecule has 0 aliphatic heterocycles. The Bertz CT molecular complexity index is 1020. The van der Waals surface area contributed by atoms with Crippen molar-refractivity contribution in [3.8, 4) is 34.5 Å². The van der Waals surface area contributed by atoms with Crippen molar-refractivity contribution in [2.24, 2.45) is 0 Å². The average Bonchev–Trinajstić information content (AvgIpc) is 2.78. The molecule has 4 aromatic rings. The highest BCUT2D eigenvalue weighted by atomic mass is 16.7. The zero-order chi connectivity index (χ0) is 20.6. The van der Waals surface area contributed by atoms with Gasteiger partial charge in [-0.15, -0.1) is 0 Å². The summed E-state index contributed by atoms with van der Waals surface area (Å²) in [7, 11) is 0. The van der Waals surface area contributed by atoms with E-state index in [0.29, 0.717) is 23.0 Å². The molecule has 0 saturated heterocycles. The van der Waals surface area contributed by atoms with E-state index in [0.717, 1.165) is 0 Å². The normalized spacial score (nSPS) is 10.1. The first-order valence-corrected chi connectivity index (χ1v) is 9.31. The van der Waals surface area contributed by atoms with Crippen LogP contribution in [-0.4, -0.2) is 6.16 Å². The van der Waals surface area contributed by atoms with Crippen molar-refractivity contribution in [1.29, 1.82) is 0 Å². The lowest BCUT2D eigenvalue weighted by Gasteiger charge is -2.13.